The lowest BCUT2D eigenvalue weighted by molar-refractivity contribution is -0.134. The van der Waals surface area contributed by atoms with Gasteiger partial charge in [-0.05, 0) is 59.7 Å². The van der Waals surface area contributed by atoms with Gasteiger partial charge in [0.2, 0.25) is 11.8 Å². The number of ketones is 1. The van der Waals surface area contributed by atoms with E-state index in [0.717, 1.165) is 27.8 Å². The van der Waals surface area contributed by atoms with Gasteiger partial charge in [-0.3, -0.25) is 14.4 Å². The smallest absolute Gasteiger partial charge is 0.239 e. The van der Waals surface area contributed by atoms with Crippen molar-refractivity contribution in [3.05, 3.63) is 101 Å². The van der Waals surface area contributed by atoms with Gasteiger partial charge in [0, 0.05) is 5.02 Å². The minimum atomic E-state index is -1.08. The molecule has 5 heteroatoms. The highest BCUT2D eigenvalue weighted by Gasteiger charge is 2.80. The van der Waals surface area contributed by atoms with E-state index < -0.39 is 22.7 Å². The average Bonchev–Trinajstić information content (AvgIpc) is 3.42. The van der Waals surface area contributed by atoms with Crippen LogP contribution in [0.1, 0.15) is 43.4 Å². The third kappa shape index (κ3) is 2.82. The molecule has 2 aliphatic carbocycles. The molecule has 6 rings (SSSR count). The first-order valence-corrected chi connectivity index (χ1v) is 13.3. The van der Waals surface area contributed by atoms with Gasteiger partial charge in [-0.1, -0.05) is 92.2 Å². The number of aryl methyl sites for hydroxylation is 1. The number of anilines is 1. The molecule has 4 nitrogen and oxygen atoms in total. The van der Waals surface area contributed by atoms with Crippen molar-refractivity contribution in [1.29, 1.82) is 0 Å². The molecule has 0 spiro atoms. The highest BCUT2D eigenvalue weighted by atomic mass is 35.5. The van der Waals surface area contributed by atoms with Crippen molar-refractivity contribution in [3.8, 4) is 0 Å². The van der Waals surface area contributed by atoms with E-state index in [4.69, 9.17) is 11.6 Å². The van der Waals surface area contributed by atoms with Crippen LogP contribution in [0.25, 0.3) is 11.1 Å². The third-order valence-electron chi connectivity index (χ3n) is 8.97. The van der Waals surface area contributed by atoms with Crippen molar-refractivity contribution in [2.45, 2.75) is 33.6 Å². The number of carbonyl (C=O) groups is 3. The molecule has 1 aliphatic heterocycles. The summed E-state index contributed by atoms with van der Waals surface area (Å²) in [7, 11) is 0. The Labute approximate surface area is 221 Å². The van der Waals surface area contributed by atoms with Gasteiger partial charge in [-0.2, -0.15) is 0 Å². The van der Waals surface area contributed by atoms with Crippen molar-refractivity contribution in [2.75, 3.05) is 4.90 Å². The van der Waals surface area contributed by atoms with Gasteiger partial charge >= 0.3 is 0 Å². The maximum Gasteiger partial charge on any atom is 0.239 e. The van der Waals surface area contributed by atoms with E-state index in [0.29, 0.717) is 23.6 Å². The molecule has 2 fully saturated rings. The number of nitrogens with zero attached hydrogens (tertiary/aromatic N) is 1. The second kappa shape index (κ2) is 8.26. The summed E-state index contributed by atoms with van der Waals surface area (Å²) in [5.74, 6) is -2.09. The standard InChI is InChI=1S/C32H28ClNO3/c1-4-31-24(20-12-8-6-9-13-20)25(21-14-10-7-11-15-21)32(5-2,30(31)37)27-26(31)28(35)34(29(27)36)22-17-16-19(3)23(33)18-22/h6-18,26-27H,4-5H2,1-3H3/t26-,27+,31-,32+. The van der Waals surface area contributed by atoms with Gasteiger partial charge in [-0.25, -0.2) is 4.90 Å². The molecule has 1 saturated heterocycles. The predicted octanol–water partition coefficient (Wildman–Crippen LogP) is 6.75. The molecule has 1 saturated carbocycles. The summed E-state index contributed by atoms with van der Waals surface area (Å²) >= 11 is 6.41. The molecule has 1 heterocycles. The Morgan fingerprint density at radius 3 is 1.59 bits per heavy atom. The number of hydrogen-bond acceptors (Lipinski definition) is 3. The topological polar surface area (TPSA) is 54.5 Å². The van der Waals surface area contributed by atoms with E-state index in [9.17, 15) is 14.4 Å². The summed E-state index contributed by atoms with van der Waals surface area (Å²) in [6, 6.07) is 25.1. The minimum absolute atomic E-state index is 0.0148. The van der Waals surface area contributed by atoms with E-state index in [2.05, 4.69) is 0 Å². The lowest BCUT2D eigenvalue weighted by Crippen LogP contribution is -2.41. The fourth-order valence-electron chi connectivity index (χ4n) is 7.43. The van der Waals surface area contributed by atoms with Crippen molar-refractivity contribution >= 4 is 46.0 Å². The Hall–Kier alpha value is -3.50. The number of amides is 2. The van der Waals surface area contributed by atoms with Crippen LogP contribution in [0.4, 0.5) is 5.69 Å². The zero-order valence-corrected chi connectivity index (χ0v) is 21.9. The van der Waals surface area contributed by atoms with Crippen molar-refractivity contribution in [2.24, 2.45) is 22.7 Å². The van der Waals surface area contributed by atoms with Crippen LogP contribution in [-0.4, -0.2) is 17.6 Å². The summed E-state index contributed by atoms with van der Waals surface area (Å²) in [5, 5.41) is 0.498. The van der Waals surface area contributed by atoms with Gasteiger partial charge in [0.1, 0.15) is 0 Å². The number of hydrogen-bond donors (Lipinski definition) is 0. The SMILES string of the molecule is CC[C@]12C(=O)[C@](CC)(C(c3ccccc3)=C1c1ccccc1)[C@H]1C(=O)N(c3ccc(C)c(Cl)c3)C(=O)[C@H]12. The number of imide groups is 1. The molecule has 0 radical (unpaired) electrons. The molecule has 4 atom stereocenters. The first-order chi connectivity index (χ1) is 17.8. The highest BCUT2D eigenvalue weighted by Crippen LogP contribution is 2.75. The fourth-order valence-corrected chi connectivity index (χ4v) is 7.61. The highest BCUT2D eigenvalue weighted by molar-refractivity contribution is 6.35. The van der Waals surface area contributed by atoms with Crippen molar-refractivity contribution in [1.82, 2.24) is 0 Å². The molecule has 186 valence electrons. The lowest BCUT2D eigenvalue weighted by Gasteiger charge is -2.38. The van der Waals surface area contributed by atoms with Gasteiger partial charge in [-0.15, -0.1) is 0 Å². The van der Waals surface area contributed by atoms with Crippen LogP contribution in [0.2, 0.25) is 5.02 Å². The average molecular weight is 510 g/mol. The van der Waals surface area contributed by atoms with E-state index in [-0.39, 0.29) is 17.6 Å². The summed E-state index contributed by atoms with van der Waals surface area (Å²) < 4.78 is 0. The third-order valence-corrected chi connectivity index (χ3v) is 9.38. The van der Waals surface area contributed by atoms with E-state index >= 15 is 0 Å². The van der Waals surface area contributed by atoms with Crippen LogP contribution in [0, 0.1) is 29.6 Å². The largest absolute Gasteiger partial charge is 0.298 e. The van der Waals surface area contributed by atoms with Gasteiger partial charge < -0.3 is 0 Å². The number of benzene rings is 3. The number of fused-ring (bicyclic) bond motifs is 5. The summed E-state index contributed by atoms with van der Waals surface area (Å²) in [5.41, 5.74) is 2.85. The van der Waals surface area contributed by atoms with Gasteiger partial charge in [0.05, 0.1) is 28.4 Å². The number of carbonyl (C=O) groups excluding carboxylic acids is 3. The number of halogens is 1. The van der Waals surface area contributed by atoms with Gasteiger partial charge in [0.25, 0.3) is 0 Å². The van der Waals surface area contributed by atoms with Crippen LogP contribution < -0.4 is 4.90 Å². The van der Waals surface area contributed by atoms with Crippen LogP contribution in [0.3, 0.4) is 0 Å². The molecule has 37 heavy (non-hydrogen) atoms. The molecule has 3 aromatic carbocycles. The number of Topliss-reactive ketones (excluding diaryl/α,β-unsaturated/α-hetero) is 1. The molecular weight excluding hydrogens is 482 g/mol. The maximum absolute atomic E-state index is 14.7. The normalized spacial score (nSPS) is 28.4. The molecular formula is C32H28ClNO3. The van der Waals surface area contributed by atoms with Crippen LogP contribution >= 0.6 is 11.6 Å². The Bertz CT molecular complexity index is 1410. The molecule has 0 unspecified atom stereocenters. The first-order valence-electron chi connectivity index (χ1n) is 12.9. The first kappa shape index (κ1) is 23.9. The van der Waals surface area contributed by atoms with E-state index in [1.165, 1.54) is 4.90 Å². The van der Waals surface area contributed by atoms with Crippen molar-refractivity contribution < 1.29 is 14.4 Å². The molecule has 0 aromatic heterocycles. The zero-order chi connectivity index (χ0) is 26.1. The molecule has 3 aliphatic rings. The number of rotatable bonds is 5. The second-order valence-electron chi connectivity index (χ2n) is 10.4. The molecule has 0 N–H and O–H groups in total. The lowest BCUT2D eigenvalue weighted by atomic mass is 9.60. The Morgan fingerprint density at radius 1 is 0.730 bits per heavy atom. The van der Waals surface area contributed by atoms with Gasteiger partial charge in [0.15, 0.2) is 5.78 Å². The van der Waals surface area contributed by atoms with Crippen molar-refractivity contribution in [3.63, 3.8) is 0 Å². The summed E-state index contributed by atoms with van der Waals surface area (Å²) in [6.07, 6.45) is 0.883. The summed E-state index contributed by atoms with van der Waals surface area (Å²) in [4.78, 5) is 44.5. The predicted molar refractivity (Wildman–Crippen MR) is 146 cm³/mol. The van der Waals surface area contributed by atoms with E-state index in [1.54, 1.807) is 12.1 Å². The minimum Gasteiger partial charge on any atom is -0.298 e. The van der Waals surface area contributed by atoms with Crippen LogP contribution in [-0.2, 0) is 14.4 Å². The maximum atomic E-state index is 14.7. The number of allylic oxidation sites excluding steroid dienone is 2. The quantitative estimate of drug-likeness (QED) is 0.357. The molecule has 2 amide bonds. The Kier molecular flexibility index (Phi) is 5.33. The molecule has 2 bridgehead atoms. The van der Waals surface area contributed by atoms with Crippen LogP contribution in [0.5, 0.6) is 0 Å². The monoisotopic (exact) mass is 509 g/mol. The second-order valence-corrected chi connectivity index (χ2v) is 10.8. The Morgan fingerprint density at radius 2 is 1.19 bits per heavy atom. The fraction of sp³-hybridized carbons (Fsp3) is 0.281. The van der Waals surface area contributed by atoms with E-state index in [1.807, 2.05) is 87.5 Å². The zero-order valence-electron chi connectivity index (χ0n) is 21.1. The molecule has 3 aromatic rings. The Balaban J connectivity index is 1.66. The van der Waals surface area contributed by atoms with Crippen LogP contribution in [0.15, 0.2) is 78.9 Å². The summed E-state index contributed by atoms with van der Waals surface area (Å²) in [6.45, 7) is 5.83.